The van der Waals surface area contributed by atoms with Gasteiger partial charge in [-0.25, -0.2) is 18.2 Å². The summed E-state index contributed by atoms with van der Waals surface area (Å²) in [4.78, 5) is 22.9. The Kier molecular flexibility index (Phi) is 5.39. The number of benzene rings is 2. The third kappa shape index (κ3) is 4.80. The van der Waals surface area contributed by atoms with Crippen LogP contribution in [-0.2, 0) is 15.8 Å². The van der Waals surface area contributed by atoms with Crippen molar-refractivity contribution in [2.24, 2.45) is 5.14 Å². The Labute approximate surface area is 165 Å². The van der Waals surface area contributed by atoms with Gasteiger partial charge in [-0.3, -0.25) is 14.9 Å². The molecule has 0 fully saturated rings. The van der Waals surface area contributed by atoms with Gasteiger partial charge in [-0.1, -0.05) is 23.4 Å². The third-order valence-corrected chi connectivity index (χ3v) is 4.71. The predicted molar refractivity (Wildman–Crippen MR) is 104 cm³/mol. The molecule has 0 aliphatic carbocycles. The van der Waals surface area contributed by atoms with Crippen molar-refractivity contribution in [2.45, 2.75) is 12.7 Å². The van der Waals surface area contributed by atoms with Gasteiger partial charge in [0.25, 0.3) is 11.6 Å². The van der Waals surface area contributed by atoms with Gasteiger partial charge in [0.2, 0.25) is 10.0 Å². The highest BCUT2D eigenvalue weighted by Gasteiger charge is 2.19. The highest BCUT2D eigenvalue weighted by atomic mass is 32.2. The van der Waals surface area contributed by atoms with Gasteiger partial charge in [0.05, 0.1) is 22.1 Å². The van der Waals surface area contributed by atoms with E-state index in [1.807, 2.05) is 0 Å². The van der Waals surface area contributed by atoms with Crippen LogP contribution in [0.4, 0.5) is 11.4 Å². The largest absolute Gasteiger partial charge is 0.321 e. The second-order valence-corrected chi connectivity index (χ2v) is 7.78. The van der Waals surface area contributed by atoms with Crippen molar-refractivity contribution in [3.63, 3.8) is 0 Å². The molecule has 3 rings (SSSR count). The molecule has 3 N–H and O–H groups in total. The van der Waals surface area contributed by atoms with Gasteiger partial charge in [0, 0.05) is 17.8 Å². The molecule has 0 atom stereocenters. The molecule has 1 aromatic heterocycles. The van der Waals surface area contributed by atoms with Gasteiger partial charge in [0.1, 0.15) is 0 Å². The molecule has 0 radical (unpaired) electrons. The van der Waals surface area contributed by atoms with Crippen molar-refractivity contribution in [1.29, 1.82) is 0 Å². The van der Waals surface area contributed by atoms with E-state index in [0.29, 0.717) is 22.6 Å². The summed E-state index contributed by atoms with van der Waals surface area (Å²) in [5.74, 6) is -0.837. The minimum Gasteiger partial charge on any atom is -0.321 e. The van der Waals surface area contributed by atoms with Crippen molar-refractivity contribution >= 4 is 27.3 Å². The summed E-state index contributed by atoms with van der Waals surface area (Å²) in [5.41, 5.74) is 1.65. The number of hydrogen-bond acceptors (Lipinski definition) is 7. The van der Waals surface area contributed by atoms with E-state index >= 15 is 0 Å². The number of nitro benzene ring substituents is 1. The second kappa shape index (κ2) is 7.77. The first-order chi connectivity index (χ1) is 13.6. The van der Waals surface area contributed by atoms with E-state index in [1.54, 1.807) is 25.1 Å². The van der Waals surface area contributed by atoms with Crippen LogP contribution in [0.3, 0.4) is 0 Å². The van der Waals surface area contributed by atoms with Crippen molar-refractivity contribution < 1.29 is 18.1 Å². The molecular formula is C17H16N6O5S. The van der Waals surface area contributed by atoms with Crippen LogP contribution in [0, 0.1) is 17.0 Å². The highest BCUT2D eigenvalue weighted by Crippen LogP contribution is 2.19. The Balaban J connectivity index is 1.79. The second-order valence-electron chi connectivity index (χ2n) is 6.17. The van der Waals surface area contributed by atoms with Crippen LogP contribution in [0.5, 0.6) is 0 Å². The number of anilines is 1. The lowest BCUT2D eigenvalue weighted by Gasteiger charge is -2.06. The number of hydrogen-bond donors (Lipinski definition) is 2. The fourth-order valence-corrected chi connectivity index (χ4v) is 3.29. The summed E-state index contributed by atoms with van der Waals surface area (Å²) in [6.45, 7) is 1.61. The topological polar surface area (TPSA) is 163 Å². The Morgan fingerprint density at radius 3 is 2.55 bits per heavy atom. The molecular weight excluding hydrogens is 400 g/mol. The number of sulfonamides is 1. The van der Waals surface area contributed by atoms with Gasteiger partial charge < -0.3 is 5.32 Å². The van der Waals surface area contributed by atoms with E-state index in [0.717, 1.165) is 0 Å². The predicted octanol–water partition coefficient (Wildman–Crippen LogP) is 1.52. The highest BCUT2D eigenvalue weighted by molar-refractivity contribution is 7.88. The number of non-ortho nitro benzene ring substituents is 1. The maximum Gasteiger partial charge on any atom is 0.278 e. The Bertz CT molecular complexity index is 1190. The maximum atomic E-state index is 12.5. The summed E-state index contributed by atoms with van der Waals surface area (Å²) in [6, 6.07) is 12.0. The first kappa shape index (κ1) is 20.1. The summed E-state index contributed by atoms with van der Waals surface area (Å²) >= 11 is 0. The molecule has 1 amide bonds. The third-order valence-electron chi connectivity index (χ3n) is 3.97. The quantitative estimate of drug-likeness (QED) is 0.454. The zero-order valence-corrected chi connectivity index (χ0v) is 16.0. The maximum absolute atomic E-state index is 12.5. The number of nitrogens with one attached hydrogen (secondary N) is 1. The molecule has 2 aromatic carbocycles. The van der Waals surface area contributed by atoms with Crippen LogP contribution in [-0.4, -0.2) is 34.2 Å². The molecule has 0 aliphatic rings. The molecule has 0 bridgehead atoms. The first-order valence-electron chi connectivity index (χ1n) is 8.22. The van der Waals surface area contributed by atoms with E-state index in [-0.39, 0.29) is 17.1 Å². The normalized spacial score (nSPS) is 11.2. The number of carbonyl (C=O) groups is 1. The van der Waals surface area contributed by atoms with Crippen LogP contribution in [0.1, 0.15) is 21.7 Å². The summed E-state index contributed by atoms with van der Waals surface area (Å²) in [6.07, 6.45) is 0. The minimum absolute atomic E-state index is 0.0464. The molecule has 0 unspecified atom stereocenters. The van der Waals surface area contributed by atoms with Crippen LogP contribution < -0.4 is 10.5 Å². The average molecular weight is 416 g/mol. The molecule has 12 heteroatoms. The summed E-state index contributed by atoms with van der Waals surface area (Å²) in [5, 5.41) is 26.4. The number of nitrogens with zero attached hydrogens (tertiary/aromatic N) is 4. The molecule has 0 saturated heterocycles. The van der Waals surface area contributed by atoms with Gasteiger partial charge in [0.15, 0.2) is 5.69 Å². The van der Waals surface area contributed by atoms with Crippen LogP contribution in [0.2, 0.25) is 0 Å². The zero-order valence-electron chi connectivity index (χ0n) is 15.1. The lowest BCUT2D eigenvalue weighted by atomic mass is 10.2. The smallest absolute Gasteiger partial charge is 0.278 e. The van der Waals surface area contributed by atoms with Crippen molar-refractivity contribution in [2.75, 3.05) is 5.32 Å². The monoisotopic (exact) mass is 416 g/mol. The fourth-order valence-electron chi connectivity index (χ4n) is 2.63. The van der Waals surface area contributed by atoms with E-state index in [1.165, 1.54) is 35.0 Å². The number of nitro groups is 1. The molecule has 0 aliphatic heterocycles. The first-order valence-corrected chi connectivity index (χ1v) is 9.93. The molecule has 0 saturated carbocycles. The molecule has 11 nitrogen and oxygen atoms in total. The lowest BCUT2D eigenvalue weighted by molar-refractivity contribution is -0.384. The van der Waals surface area contributed by atoms with E-state index < -0.39 is 20.9 Å². The molecule has 150 valence electrons. The van der Waals surface area contributed by atoms with E-state index in [2.05, 4.69) is 15.6 Å². The van der Waals surface area contributed by atoms with Crippen molar-refractivity contribution in [3.8, 4) is 5.69 Å². The molecule has 29 heavy (non-hydrogen) atoms. The molecule has 3 aromatic rings. The van der Waals surface area contributed by atoms with E-state index in [4.69, 9.17) is 5.14 Å². The Morgan fingerprint density at radius 2 is 1.93 bits per heavy atom. The molecule has 1 heterocycles. The lowest BCUT2D eigenvalue weighted by Crippen LogP contribution is -2.15. The minimum atomic E-state index is -3.64. The number of primary sulfonamides is 1. The van der Waals surface area contributed by atoms with Crippen LogP contribution in [0.25, 0.3) is 5.69 Å². The van der Waals surface area contributed by atoms with Gasteiger partial charge in [-0.05, 0) is 30.7 Å². The number of carbonyl (C=O) groups excluding carboxylic acids is 1. The Hall–Kier alpha value is -3.64. The van der Waals surface area contributed by atoms with Crippen molar-refractivity contribution in [3.05, 3.63) is 75.6 Å². The standard InChI is InChI=1S/C17H16N6O5S/c1-11-16(20-21-22(11)14-3-2-4-15(9-14)23(25)26)17(24)19-13-7-5-12(6-8-13)10-29(18,27)28/h2-9H,10H2,1H3,(H,19,24)(H2,18,27,28). The SMILES string of the molecule is Cc1c(C(=O)Nc2ccc(CS(N)(=O)=O)cc2)nnn1-c1cccc([N+](=O)[O-])c1. The number of nitrogens with two attached hydrogens (primary N) is 1. The number of rotatable bonds is 6. The van der Waals surface area contributed by atoms with Gasteiger partial charge >= 0.3 is 0 Å². The van der Waals surface area contributed by atoms with Crippen LogP contribution in [0.15, 0.2) is 48.5 Å². The number of aromatic nitrogens is 3. The molecule has 0 spiro atoms. The van der Waals surface area contributed by atoms with E-state index in [9.17, 15) is 23.3 Å². The van der Waals surface area contributed by atoms with Crippen molar-refractivity contribution in [1.82, 2.24) is 15.0 Å². The average Bonchev–Trinajstić information content (AvgIpc) is 3.04. The summed E-state index contributed by atoms with van der Waals surface area (Å²) < 4.78 is 23.6. The van der Waals surface area contributed by atoms with Crippen LogP contribution >= 0.6 is 0 Å². The fraction of sp³-hybridized carbons (Fsp3) is 0.118. The number of amides is 1. The summed E-state index contributed by atoms with van der Waals surface area (Å²) in [7, 11) is -3.64. The zero-order chi connectivity index (χ0) is 21.2. The van der Waals surface area contributed by atoms with Gasteiger partial charge in [-0.15, -0.1) is 5.10 Å². The Morgan fingerprint density at radius 1 is 1.24 bits per heavy atom. The van der Waals surface area contributed by atoms with Gasteiger partial charge in [-0.2, -0.15) is 0 Å².